The predicted molar refractivity (Wildman–Crippen MR) is 113 cm³/mol. The van der Waals surface area contributed by atoms with Gasteiger partial charge in [0.1, 0.15) is 16.9 Å². The zero-order valence-electron chi connectivity index (χ0n) is 18.0. The Balaban J connectivity index is 1.14. The smallest absolute Gasteiger partial charge is 0.342 e. The second-order valence-electron chi connectivity index (χ2n) is 8.87. The van der Waals surface area contributed by atoms with Crippen molar-refractivity contribution in [3.05, 3.63) is 58.9 Å². The fourth-order valence-electron chi connectivity index (χ4n) is 4.87. The number of benzene rings is 2. The molecule has 2 amide bonds. The van der Waals surface area contributed by atoms with Crippen molar-refractivity contribution in [3.8, 4) is 0 Å². The quantitative estimate of drug-likeness (QED) is 0.588. The first-order valence-corrected chi connectivity index (χ1v) is 10.9. The average Bonchev–Trinajstić information content (AvgIpc) is 3.50. The minimum Gasteiger partial charge on any atom is -0.342 e. The summed E-state index contributed by atoms with van der Waals surface area (Å²) in [6.07, 6.45) is -4.50. The molecule has 2 fully saturated rings. The molecule has 0 aliphatic carbocycles. The number of carbonyl (C=O) groups excluding carboxylic acids is 2. The van der Waals surface area contributed by atoms with E-state index in [-0.39, 0.29) is 36.5 Å². The van der Waals surface area contributed by atoms with E-state index in [1.807, 2.05) is 0 Å². The van der Waals surface area contributed by atoms with Crippen molar-refractivity contribution < 1.29 is 27.2 Å². The zero-order chi connectivity index (χ0) is 24.0. The van der Waals surface area contributed by atoms with E-state index in [1.165, 1.54) is 6.07 Å². The number of amides is 2. The molecule has 2 aromatic carbocycles. The second-order valence-corrected chi connectivity index (χ2v) is 8.87. The van der Waals surface area contributed by atoms with Gasteiger partial charge in [0.15, 0.2) is 0 Å². The number of fused-ring (bicyclic) bond motifs is 2. The Morgan fingerprint density at radius 1 is 0.941 bits per heavy atom. The van der Waals surface area contributed by atoms with E-state index in [9.17, 15) is 27.2 Å². The number of halogens is 4. The van der Waals surface area contributed by atoms with Crippen LogP contribution in [0, 0.1) is 17.7 Å². The SMILES string of the molecule is O=C(CCc1ccc(C(F)(F)F)c(F)c1)N1CC2CN(C(=O)c3ccc4n[nH]nc4c3)CC2C1. The lowest BCUT2D eigenvalue weighted by molar-refractivity contribution is -0.140. The minimum atomic E-state index is -4.75. The van der Waals surface area contributed by atoms with Crippen LogP contribution in [0.25, 0.3) is 11.0 Å². The first-order valence-electron chi connectivity index (χ1n) is 10.9. The first kappa shape index (κ1) is 22.3. The number of alkyl halides is 3. The van der Waals surface area contributed by atoms with Gasteiger partial charge in [0.05, 0.1) is 5.56 Å². The number of carbonyl (C=O) groups is 2. The highest BCUT2D eigenvalue weighted by Crippen LogP contribution is 2.33. The first-order chi connectivity index (χ1) is 16.2. The number of H-pyrrole nitrogens is 1. The van der Waals surface area contributed by atoms with Gasteiger partial charge in [0.25, 0.3) is 5.91 Å². The summed E-state index contributed by atoms with van der Waals surface area (Å²) in [5.74, 6) is -1.19. The van der Waals surface area contributed by atoms with Crippen molar-refractivity contribution in [3.63, 3.8) is 0 Å². The van der Waals surface area contributed by atoms with E-state index in [0.717, 1.165) is 6.07 Å². The molecule has 0 saturated carbocycles. The van der Waals surface area contributed by atoms with Crippen LogP contribution in [0.2, 0.25) is 0 Å². The van der Waals surface area contributed by atoms with Gasteiger partial charge < -0.3 is 9.80 Å². The molecule has 0 radical (unpaired) electrons. The van der Waals surface area contributed by atoms with Crippen LogP contribution in [0.1, 0.15) is 27.9 Å². The monoisotopic (exact) mass is 475 g/mol. The van der Waals surface area contributed by atoms with Crippen LogP contribution in [0.4, 0.5) is 17.6 Å². The Hall–Kier alpha value is -3.50. The molecular weight excluding hydrogens is 454 g/mol. The summed E-state index contributed by atoms with van der Waals surface area (Å²) in [5, 5.41) is 10.5. The van der Waals surface area contributed by atoms with Crippen LogP contribution in [-0.4, -0.2) is 63.2 Å². The lowest BCUT2D eigenvalue weighted by atomic mass is 10.0. The standard InChI is InChI=1S/C23H21F4N5O2/c24-18-7-13(1-4-17(18)23(25,26)27)2-6-21(33)31-9-15-11-32(12-16(15)10-31)22(34)14-3-5-19-20(8-14)29-30-28-19/h1,3-5,7-8,15-16H,2,6,9-12H2,(H,28,29,30). The number of aromatic amines is 1. The van der Waals surface area contributed by atoms with Crippen molar-refractivity contribution in [1.29, 1.82) is 0 Å². The third kappa shape index (κ3) is 4.22. The lowest BCUT2D eigenvalue weighted by Crippen LogP contribution is -2.35. The van der Waals surface area contributed by atoms with Crippen molar-refractivity contribution in [1.82, 2.24) is 25.2 Å². The number of likely N-dealkylation sites (tertiary alicyclic amines) is 2. The maximum absolute atomic E-state index is 13.8. The number of nitrogens with one attached hydrogen (secondary N) is 1. The van der Waals surface area contributed by atoms with Crippen molar-refractivity contribution >= 4 is 22.8 Å². The lowest BCUT2D eigenvalue weighted by Gasteiger charge is -2.22. The fourth-order valence-corrected chi connectivity index (χ4v) is 4.87. The summed E-state index contributed by atoms with van der Waals surface area (Å²) >= 11 is 0. The van der Waals surface area contributed by atoms with Gasteiger partial charge in [-0.1, -0.05) is 6.07 Å². The number of aryl methyl sites for hydroxylation is 1. The molecule has 2 atom stereocenters. The highest BCUT2D eigenvalue weighted by Gasteiger charge is 2.43. The number of hydrogen-bond acceptors (Lipinski definition) is 4. The summed E-state index contributed by atoms with van der Waals surface area (Å²) in [7, 11) is 0. The Morgan fingerprint density at radius 2 is 1.62 bits per heavy atom. The number of rotatable bonds is 4. The van der Waals surface area contributed by atoms with Crippen molar-refractivity contribution in [2.24, 2.45) is 11.8 Å². The van der Waals surface area contributed by atoms with Crippen LogP contribution >= 0.6 is 0 Å². The molecule has 7 nitrogen and oxygen atoms in total. The van der Waals surface area contributed by atoms with Gasteiger partial charge in [-0.05, 0) is 42.3 Å². The van der Waals surface area contributed by atoms with E-state index >= 15 is 0 Å². The summed E-state index contributed by atoms with van der Waals surface area (Å²) in [4.78, 5) is 29.1. The van der Waals surface area contributed by atoms with Crippen LogP contribution in [0.3, 0.4) is 0 Å². The molecule has 3 heterocycles. The largest absolute Gasteiger partial charge is 0.419 e. The topological polar surface area (TPSA) is 82.2 Å². The van der Waals surface area contributed by atoms with Gasteiger partial charge in [0, 0.05) is 50.0 Å². The Morgan fingerprint density at radius 3 is 2.29 bits per heavy atom. The summed E-state index contributed by atoms with van der Waals surface area (Å²) in [6, 6.07) is 7.93. The van der Waals surface area contributed by atoms with E-state index < -0.39 is 17.6 Å². The van der Waals surface area contributed by atoms with E-state index in [4.69, 9.17) is 0 Å². The molecule has 2 saturated heterocycles. The second kappa shape index (κ2) is 8.37. The van der Waals surface area contributed by atoms with Gasteiger partial charge in [-0.3, -0.25) is 9.59 Å². The molecule has 11 heteroatoms. The van der Waals surface area contributed by atoms with Crippen LogP contribution < -0.4 is 0 Å². The summed E-state index contributed by atoms with van der Waals surface area (Å²) in [6.45, 7) is 2.15. The molecule has 2 unspecified atom stereocenters. The highest BCUT2D eigenvalue weighted by atomic mass is 19.4. The summed E-state index contributed by atoms with van der Waals surface area (Å²) in [5.41, 5.74) is 0.880. The maximum atomic E-state index is 13.8. The van der Waals surface area contributed by atoms with Crippen LogP contribution in [-0.2, 0) is 17.4 Å². The Labute approximate surface area is 191 Å². The van der Waals surface area contributed by atoms with Gasteiger partial charge >= 0.3 is 6.18 Å². The highest BCUT2D eigenvalue weighted by molar-refractivity contribution is 5.97. The Bertz CT molecular complexity index is 1240. The van der Waals surface area contributed by atoms with E-state index in [2.05, 4.69) is 15.4 Å². The maximum Gasteiger partial charge on any atom is 0.419 e. The molecule has 3 aromatic rings. The Kier molecular flexibility index (Phi) is 5.49. The average molecular weight is 475 g/mol. The molecule has 2 aliphatic heterocycles. The van der Waals surface area contributed by atoms with Crippen molar-refractivity contribution in [2.45, 2.75) is 19.0 Å². The van der Waals surface area contributed by atoms with E-state index in [0.29, 0.717) is 54.4 Å². The molecule has 0 bridgehead atoms. The number of hydrogen-bond donors (Lipinski definition) is 1. The summed E-state index contributed by atoms with van der Waals surface area (Å²) < 4.78 is 51.9. The van der Waals surface area contributed by atoms with Gasteiger partial charge in [0.2, 0.25) is 5.91 Å². The number of nitrogens with zero attached hydrogens (tertiary/aromatic N) is 4. The van der Waals surface area contributed by atoms with Crippen LogP contribution in [0.5, 0.6) is 0 Å². The third-order valence-electron chi connectivity index (χ3n) is 6.66. The molecule has 34 heavy (non-hydrogen) atoms. The van der Waals surface area contributed by atoms with E-state index in [1.54, 1.807) is 28.0 Å². The molecule has 0 spiro atoms. The molecule has 5 rings (SSSR count). The molecular formula is C23H21F4N5O2. The number of aromatic nitrogens is 3. The molecule has 178 valence electrons. The van der Waals surface area contributed by atoms with Crippen molar-refractivity contribution in [2.75, 3.05) is 26.2 Å². The minimum absolute atomic E-state index is 0.0819. The normalized spacial score (nSPS) is 20.2. The molecule has 1 aromatic heterocycles. The fraction of sp³-hybridized carbons (Fsp3) is 0.391. The molecule has 2 aliphatic rings. The zero-order valence-corrected chi connectivity index (χ0v) is 18.0. The van der Waals surface area contributed by atoms with Crippen LogP contribution in [0.15, 0.2) is 36.4 Å². The molecule has 1 N–H and O–H groups in total. The third-order valence-corrected chi connectivity index (χ3v) is 6.66. The van der Waals surface area contributed by atoms with Gasteiger partial charge in [-0.2, -0.15) is 28.6 Å². The predicted octanol–water partition coefficient (Wildman–Crippen LogP) is 3.28. The van der Waals surface area contributed by atoms with Gasteiger partial charge in [-0.15, -0.1) is 0 Å². The van der Waals surface area contributed by atoms with Gasteiger partial charge in [-0.25, -0.2) is 4.39 Å².